The predicted molar refractivity (Wildman–Crippen MR) is 79.8 cm³/mol. The maximum Gasteiger partial charge on any atom is 0.244 e. The van der Waals surface area contributed by atoms with Gasteiger partial charge >= 0.3 is 0 Å². The number of aromatic nitrogens is 5. The Hall–Kier alpha value is -2.26. The summed E-state index contributed by atoms with van der Waals surface area (Å²) in [4.78, 5) is 0.169. The van der Waals surface area contributed by atoms with Gasteiger partial charge in [-0.1, -0.05) is 6.07 Å². The van der Waals surface area contributed by atoms with Gasteiger partial charge in [-0.05, 0) is 19.1 Å². The first-order valence-corrected chi connectivity index (χ1v) is 8.24. The summed E-state index contributed by atoms with van der Waals surface area (Å²) in [6.07, 6.45) is 3.52. The summed E-state index contributed by atoms with van der Waals surface area (Å²) in [6, 6.07) is 5.28. The molecule has 3 aromatic heterocycles. The summed E-state index contributed by atoms with van der Waals surface area (Å²) in [5.74, 6) is 1.53. The van der Waals surface area contributed by atoms with Crippen molar-refractivity contribution in [2.45, 2.75) is 18.2 Å². The predicted octanol–water partition coefficient (Wildman–Crippen LogP) is 0.292. The van der Waals surface area contributed by atoms with Crippen molar-refractivity contribution in [2.75, 3.05) is 6.54 Å². The van der Waals surface area contributed by atoms with Crippen molar-refractivity contribution in [1.29, 1.82) is 0 Å². The standard InChI is InChI=1S/C13H16N6O2S/c1-10-16-17-13(18(10)2)6-7-15-22(20,21)12-9-14-19-8-4-3-5-11(12)19/h3-5,8-9,15H,6-7H2,1-2H3. The molecular weight excluding hydrogens is 304 g/mol. The Morgan fingerprint density at radius 1 is 1.27 bits per heavy atom. The average Bonchev–Trinajstić information content (AvgIpc) is 3.06. The zero-order chi connectivity index (χ0) is 15.7. The topological polar surface area (TPSA) is 94.2 Å². The van der Waals surface area contributed by atoms with E-state index in [9.17, 15) is 8.42 Å². The number of nitrogens with one attached hydrogen (secondary N) is 1. The molecule has 9 heteroatoms. The molecular formula is C13H16N6O2S. The fraction of sp³-hybridized carbons (Fsp3) is 0.308. The Bertz CT molecular complexity index is 912. The molecule has 0 saturated heterocycles. The van der Waals surface area contributed by atoms with Gasteiger partial charge in [-0.2, -0.15) is 5.10 Å². The molecule has 0 aliphatic carbocycles. The van der Waals surface area contributed by atoms with E-state index in [1.54, 1.807) is 24.4 Å². The van der Waals surface area contributed by atoms with Gasteiger partial charge in [-0.3, -0.25) is 0 Å². The Labute approximate surface area is 127 Å². The van der Waals surface area contributed by atoms with E-state index in [1.165, 1.54) is 10.7 Å². The quantitative estimate of drug-likeness (QED) is 0.729. The molecule has 0 aliphatic rings. The van der Waals surface area contributed by atoms with Crippen LogP contribution in [0.15, 0.2) is 35.5 Å². The van der Waals surface area contributed by atoms with E-state index in [4.69, 9.17) is 0 Å². The second kappa shape index (κ2) is 5.50. The van der Waals surface area contributed by atoms with Crippen LogP contribution in [0.1, 0.15) is 11.6 Å². The minimum atomic E-state index is -3.61. The van der Waals surface area contributed by atoms with E-state index >= 15 is 0 Å². The molecule has 0 radical (unpaired) electrons. The molecule has 0 aromatic carbocycles. The Morgan fingerprint density at radius 3 is 2.82 bits per heavy atom. The van der Waals surface area contributed by atoms with Crippen molar-refractivity contribution in [2.24, 2.45) is 7.05 Å². The zero-order valence-corrected chi connectivity index (χ0v) is 13.1. The van der Waals surface area contributed by atoms with Gasteiger partial charge in [0, 0.05) is 26.2 Å². The van der Waals surface area contributed by atoms with E-state index in [1.807, 2.05) is 18.5 Å². The van der Waals surface area contributed by atoms with Gasteiger partial charge in [-0.25, -0.2) is 17.7 Å². The van der Waals surface area contributed by atoms with Crippen LogP contribution in [0.3, 0.4) is 0 Å². The number of sulfonamides is 1. The summed E-state index contributed by atoms with van der Waals surface area (Å²) in [6.45, 7) is 2.10. The van der Waals surface area contributed by atoms with Crippen LogP contribution in [0.5, 0.6) is 0 Å². The average molecular weight is 320 g/mol. The van der Waals surface area contributed by atoms with Crippen molar-refractivity contribution >= 4 is 15.5 Å². The third-order valence-corrected chi connectivity index (χ3v) is 4.98. The molecule has 0 bridgehead atoms. The third kappa shape index (κ3) is 2.60. The second-order valence-electron chi connectivity index (χ2n) is 4.91. The highest BCUT2D eigenvalue weighted by molar-refractivity contribution is 7.89. The number of aryl methyl sites for hydroxylation is 1. The second-order valence-corrected chi connectivity index (χ2v) is 6.64. The first-order valence-electron chi connectivity index (χ1n) is 6.76. The molecule has 0 spiro atoms. The molecule has 116 valence electrons. The Kier molecular flexibility index (Phi) is 3.67. The summed E-state index contributed by atoms with van der Waals surface area (Å²) < 4.78 is 30.7. The summed E-state index contributed by atoms with van der Waals surface area (Å²) >= 11 is 0. The molecule has 22 heavy (non-hydrogen) atoms. The van der Waals surface area contributed by atoms with Gasteiger partial charge in [0.1, 0.15) is 16.5 Å². The Balaban J connectivity index is 1.75. The minimum absolute atomic E-state index is 0.169. The zero-order valence-electron chi connectivity index (χ0n) is 12.3. The summed E-state index contributed by atoms with van der Waals surface area (Å²) in [5, 5.41) is 12.0. The van der Waals surface area contributed by atoms with Gasteiger partial charge in [0.15, 0.2) is 0 Å². The van der Waals surface area contributed by atoms with E-state index in [-0.39, 0.29) is 11.4 Å². The first kappa shape index (κ1) is 14.7. The number of hydrogen-bond donors (Lipinski definition) is 1. The van der Waals surface area contributed by atoms with Gasteiger partial charge in [0.05, 0.1) is 11.7 Å². The van der Waals surface area contributed by atoms with Crippen LogP contribution in [-0.2, 0) is 23.5 Å². The van der Waals surface area contributed by atoms with Crippen molar-refractivity contribution in [3.63, 3.8) is 0 Å². The smallest absolute Gasteiger partial charge is 0.244 e. The van der Waals surface area contributed by atoms with Gasteiger partial charge in [-0.15, -0.1) is 10.2 Å². The highest BCUT2D eigenvalue weighted by atomic mass is 32.2. The fourth-order valence-corrected chi connectivity index (χ4v) is 3.31. The summed E-state index contributed by atoms with van der Waals surface area (Å²) in [5.41, 5.74) is 0.546. The molecule has 3 heterocycles. The molecule has 0 aliphatic heterocycles. The van der Waals surface area contributed by atoms with Crippen molar-refractivity contribution < 1.29 is 8.42 Å². The van der Waals surface area contributed by atoms with E-state index < -0.39 is 10.0 Å². The third-order valence-electron chi connectivity index (χ3n) is 3.50. The molecule has 8 nitrogen and oxygen atoms in total. The van der Waals surface area contributed by atoms with Crippen molar-refractivity contribution in [1.82, 2.24) is 29.1 Å². The van der Waals surface area contributed by atoms with Crippen molar-refractivity contribution in [3.05, 3.63) is 42.2 Å². The number of fused-ring (bicyclic) bond motifs is 1. The number of rotatable bonds is 5. The number of nitrogens with zero attached hydrogens (tertiary/aromatic N) is 5. The summed E-state index contributed by atoms with van der Waals surface area (Å²) in [7, 11) is -1.76. The highest BCUT2D eigenvalue weighted by Crippen LogP contribution is 2.15. The number of hydrogen-bond acceptors (Lipinski definition) is 5. The highest BCUT2D eigenvalue weighted by Gasteiger charge is 2.19. The maximum atomic E-state index is 12.4. The minimum Gasteiger partial charge on any atom is -0.318 e. The molecule has 3 rings (SSSR count). The molecule has 0 fully saturated rings. The largest absolute Gasteiger partial charge is 0.318 e. The molecule has 1 N–H and O–H groups in total. The van der Waals surface area contributed by atoms with Crippen LogP contribution in [-0.4, -0.2) is 39.3 Å². The molecule has 0 atom stereocenters. The lowest BCUT2D eigenvalue weighted by Gasteiger charge is -2.05. The van der Waals surface area contributed by atoms with E-state index in [0.29, 0.717) is 11.9 Å². The van der Waals surface area contributed by atoms with Crippen LogP contribution >= 0.6 is 0 Å². The Morgan fingerprint density at radius 2 is 2.09 bits per heavy atom. The molecule has 0 unspecified atom stereocenters. The lowest BCUT2D eigenvalue weighted by atomic mass is 10.4. The van der Waals surface area contributed by atoms with Gasteiger partial charge < -0.3 is 4.57 Å². The van der Waals surface area contributed by atoms with Crippen LogP contribution < -0.4 is 4.72 Å². The molecule has 0 amide bonds. The van der Waals surface area contributed by atoms with Crippen LogP contribution in [0.25, 0.3) is 5.52 Å². The monoisotopic (exact) mass is 320 g/mol. The molecule has 0 saturated carbocycles. The lowest BCUT2D eigenvalue weighted by Crippen LogP contribution is -2.26. The van der Waals surface area contributed by atoms with Crippen molar-refractivity contribution in [3.8, 4) is 0 Å². The van der Waals surface area contributed by atoms with Crippen LogP contribution in [0.4, 0.5) is 0 Å². The first-order chi connectivity index (χ1) is 10.5. The maximum absolute atomic E-state index is 12.4. The number of pyridine rings is 1. The van der Waals surface area contributed by atoms with Gasteiger partial charge in [0.2, 0.25) is 10.0 Å². The lowest BCUT2D eigenvalue weighted by molar-refractivity contribution is 0.580. The van der Waals surface area contributed by atoms with E-state index in [0.717, 1.165) is 11.6 Å². The van der Waals surface area contributed by atoms with Crippen LogP contribution in [0, 0.1) is 6.92 Å². The SMILES string of the molecule is Cc1nnc(CCNS(=O)(=O)c2cnn3ccccc23)n1C. The van der Waals surface area contributed by atoms with Gasteiger partial charge in [0.25, 0.3) is 0 Å². The normalized spacial score (nSPS) is 12.1. The van der Waals surface area contributed by atoms with Crippen LogP contribution in [0.2, 0.25) is 0 Å². The molecule has 3 aromatic rings. The van der Waals surface area contributed by atoms with E-state index in [2.05, 4.69) is 20.0 Å². The fourth-order valence-electron chi connectivity index (χ4n) is 2.16.